The minimum absolute atomic E-state index is 0.0638. The van der Waals surface area contributed by atoms with Crippen LogP contribution in [0.4, 0.5) is 0 Å². The van der Waals surface area contributed by atoms with Crippen LogP contribution in [0.15, 0.2) is 18.2 Å². The monoisotopic (exact) mass is 310 g/mol. The molecule has 122 valence electrons. The van der Waals surface area contributed by atoms with E-state index in [4.69, 9.17) is 10.5 Å². The Bertz CT molecular complexity index is 578. The Morgan fingerprint density at radius 3 is 2.00 bits per heavy atom. The molecule has 0 unspecified atom stereocenters. The molecule has 0 saturated heterocycles. The second-order valence-electron chi connectivity index (χ2n) is 5.99. The summed E-state index contributed by atoms with van der Waals surface area (Å²) in [5.74, 6) is 0.0638. The predicted octanol–water partition coefficient (Wildman–Crippen LogP) is 5.53. The first-order valence-corrected chi connectivity index (χ1v) is 8.70. The number of rotatable bonds is 11. The van der Waals surface area contributed by atoms with E-state index in [0.717, 1.165) is 12.8 Å². The Labute approximate surface area is 139 Å². The fourth-order valence-corrected chi connectivity index (χ4v) is 2.65. The van der Waals surface area contributed by atoms with E-state index in [2.05, 4.69) is 6.92 Å². The van der Waals surface area contributed by atoms with Gasteiger partial charge in [0.25, 0.3) is 0 Å². The first kappa shape index (κ1) is 18.9. The van der Waals surface area contributed by atoms with Gasteiger partial charge in [-0.15, -0.1) is 0 Å². The van der Waals surface area contributed by atoms with Gasteiger partial charge in [0.05, 0.1) is 11.1 Å². The SMILES string of the molecule is CCCCCCCCCCCC(=O)c1ccc(C#N)c(C#N)c1. The molecule has 1 aromatic carbocycles. The molecule has 3 heteroatoms. The molecule has 0 aromatic heterocycles. The van der Waals surface area contributed by atoms with Gasteiger partial charge in [-0.25, -0.2) is 0 Å². The van der Waals surface area contributed by atoms with Gasteiger partial charge in [-0.05, 0) is 18.6 Å². The highest BCUT2D eigenvalue weighted by atomic mass is 16.1. The average molecular weight is 310 g/mol. The van der Waals surface area contributed by atoms with Gasteiger partial charge in [-0.2, -0.15) is 10.5 Å². The van der Waals surface area contributed by atoms with Crippen LogP contribution in [0, 0.1) is 22.7 Å². The van der Waals surface area contributed by atoms with Gasteiger partial charge in [-0.1, -0.05) is 64.4 Å². The molecule has 0 spiro atoms. The lowest BCUT2D eigenvalue weighted by Gasteiger charge is -2.04. The number of hydrogen-bond donors (Lipinski definition) is 0. The van der Waals surface area contributed by atoms with Crippen LogP contribution in [0.25, 0.3) is 0 Å². The molecule has 0 fully saturated rings. The number of hydrogen-bond acceptors (Lipinski definition) is 3. The maximum atomic E-state index is 12.1. The Kier molecular flexibility index (Phi) is 9.41. The molecular weight excluding hydrogens is 284 g/mol. The maximum absolute atomic E-state index is 12.1. The number of Topliss-reactive ketones (excluding diaryl/α,β-unsaturated/α-hetero) is 1. The normalized spacial score (nSPS) is 10.0. The summed E-state index contributed by atoms with van der Waals surface area (Å²) in [5, 5.41) is 17.9. The third kappa shape index (κ3) is 7.11. The molecule has 1 rings (SSSR count). The van der Waals surface area contributed by atoms with Crippen LogP contribution in [0.5, 0.6) is 0 Å². The van der Waals surface area contributed by atoms with Crippen LogP contribution in [0.1, 0.15) is 92.6 Å². The van der Waals surface area contributed by atoms with E-state index >= 15 is 0 Å². The van der Waals surface area contributed by atoms with E-state index in [1.165, 1.54) is 51.0 Å². The highest BCUT2D eigenvalue weighted by Gasteiger charge is 2.09. The summed E-state index contributed by atoms with van der Waals surface area (Å²) in [6.07, 6.45) is 11.5. The highest BCUT2D eigenvalue weighted by molar-refractivity contribution is 5.96. The summed E-state index contributed by atoms with van der Waals surface area (Å²) in [6, 6.07) is 8.68. The fourth-order valence-electron chi connectivity index (χ4n) is 2.65. The number of carbonyl (C=O) groups excluding carboxylic acids is 1. The summed E-state index contributed by atoms with van der Waals surface area (Å²) in [7, 11) is 0. The van der Waals surface area contributed by atoms with Crippen molar-refractivity contribution in [2.75, 3.05) is 0 Å². The third-order valence-corrected chi connectivity index (χ3v) is 4.09. The molecule has 0 heterocycles. The standard InChI is InChI=1S/C20H26N2O/c1-2-3-4-5-6-7-8-9-10-11-20(23)17-12-13-18(15-21)19(14-17)16-22/h12-14H,2-11H2,1H3. The average Bonchev–Trinajstić information content (AvgIpc) is 2.59. The first-order valence-electron chi connectivity index (χ1n) is 8.70. The second-order valence-corrected chi connectivity index (χ2v) is 5.99. The van der Waals surface area contributed by atoms with Crippen molar-refractivity contribution in [3.8, 4) is 12.1 Å². The number of ketones is 1. The van der Waals surface area contributed by atoms with E-state index in [-0.39, 0.29) is 11.3 Å². The predicted molar refractivity (Wildman–Crippen MR) is 92.0 cm³/mol. The Hall–Kier alpha value is -2.13. The van der Waals surface area contributed by atoms with Gasteiger partial charge < -0.3 is 0 Å². The van der Waals surface area contributed by atoms with Crippen LogP contribution in [-0.2, 0) is 0 Å². The highest BCUT2D eigenvalue weighted by Crippen LogP contribution is 2.15. The summed E-state index contributed by atoms with van der Waals surface area (Å²) in [6.45, 7) is 2.23. The molecule has 1 aromatic rings. The van der Waals surface area contributed by atoms with Crippen molar-refractivity contribution >= 4 is 5.78 Å². The van der Waals surface area contributed by atoms with Crippen molar-refractivity contribution in [3.05, 3.63) is 34.9 Å². The van der Waals surface area contributed by atoms with Crippen LogP contribution in [-0.4, -0.2) is 5.78 Å². The number of benzene rings is 1. The Morgan fingerprint density at radius 1 is 0.870 bits per heavy atom. The van der Waals surface area contributed by atoms with Gasteiger partial charge in [0.1, 0.15) is 12.1 Å². The Morgan fingerprint density at radius 2 is 1.43 bits per heavy atom. The van der Waals surface area contributed by atoms with Crippen molar-refractivity contribution in [3.63, 3.8) is 0 Å². The molecule has 0 radical (unpaired) electrons. The van der Waals surface area contributed by atoms with Gasteiger partial charge in [-0.3, -0.25) is 4.79 Å². The lowest BCUT2D eigenvalue weighted by molar-refractivity contribution is 0.0979. The molecule has 0 bridgehead atoms. The molecule has 23 heavy (non-hydrogen) atoms. The van der Waals surface area contributed by atoms with Gasteiger partial charge in [0.2, 0.25) is 0 Å². The Balaban J connectivity index is 2.25. The zero-order chi connectivity index (χ0) is 16.9. The summed E-state index contributed by atoms with van der Waals surface area (Å²) < 4.78 is 0. The van der Waals surface area contributed by atoms with E-state index < -0.39 is 0 Å². The van der Waals surface area contributed by atoms with Crippen molar-refractivity contribution in [2.24, 2.45) is 0 Å². The zero-order valence-corrected chi connectivity index (χ0v) is 14.1. The maximum Gasteiger partial charge on any atom is 0.162 e. The van der Waals surface area contributed by atoms with E-state index in [9.17, 15) is 4.79 Å². The topological polar surface area (TPSA) is 64.7 Å². The number of nitrogens with zero attached hydrogens (tertiary/aromatic N) is 2. The molecular formula is C20H26N2O. The zero-order valence-electron chi connectivity index (χ0n) is 14.1. The lowest BCUT2D eigenvalue weighted by Crippen LogP contribution is -2.00. The molecule has 0 saturated carbocycles. The van der Waals surface area contributed by atoms with Crippen LogP contribution in [0.2, 0.25) is 0 Å². The summed E-state index contributed by atoms with van der Waals surface area (Å²) in [4.78, 5) is 12.1. The minimum atomic E-state index is 0.0638. The van der Waals surface area contributed by atoms with Gasteiger partial charge in [0.15, 0.2) is 5.78 Å². The molecule has 0 N–H and O–H groups in total. The molecule has 3 nitrogen and oxygen atoms in total. The van der Waals surface area contributed by atoms with E-state index in [0.29, 0.717) is 17.5 Å². The largest absolute Gasteiger partial charge is 0.294 e. The van der Waals surface area contributed by atoms with Crippen LogP contribution in [0.3, 0.4) is 0 Å². The smallest absolute Gasteiger partial charge is 0.162 e. The minimum Gasteiger partial charge on any atom is -0.294 e. The number of unbranched alkanes of at least 4 members (excludes halogenated alkanes) is 8. The summed E-state index contributed by atoms with van der Waals surface area (Å²) in [5.41, 5.74) is 1.15. The molecule has 0 aliphatic carbocycles. The van der Waals surface area contributed by atoms with Crippen molar-refractivity contribution < 1.29 is 4.79 Å². The fraction of sp³-hybridized carbons (Fsp3) is 0.550. The third-order valence-electron chi connectivity index (χ3n) is 4.09. The quantitative estimate of drug-likeness (QED) is 0.398. The number of carbonyl (C=O) groups is 1. The number of nitriles is 2. The van der Waals surface area contributed by atoms with Crippen molar-refractivity contribution in [1.82, 2.24) is 0 Å². The first-order chi connectivity index (χ1) is 11.2. The van der Waals surface area contributed by atoms with E-state index in [1.807, 2.05) is 12.1 Å². The van der Waals surface area contributed by atoms with Crippen molar-refractivity contribution in [1.29, 1.82) is 10.5 Å². The van der Waals surface area contributed by atoms with Gasteiger partial charge in [0, 0.05) is 12.0 Å². The van der Waals surface area contributed by atoms with Crippen molar-refractivity contribution in [2.45, 2.75) is 71.1 Å². The summed E-state index contributed by atoms with van der Waals surface area (Å²) >= 11 is 0. The molecule has 0 aliphatic rings. The second kappa shape index (κ2) is 11.4. The lowest BCUT2D eigenvalue weighted by atomic mass is 9.99. The van der Waals surface area contributed by atoms with E-state index in [1.54, 1.807) is 12.1 Å². The van der Waals surface area contributed by atoms with Crippen LogP contribution < -0.4 is 0 Å². The molecule has 0 atom stereocenters. The molecule has 0 amide bonds. The van der Waals surface area contributed by atoms with Crippen LogP contribution >= 0.6 is 0 Å². The van der Waals surface area contributed by atoms with Gasteiger partial charge >= 0.3 is 0 Å². The molecule has 0 aliphatic heterocycles.